The molecule has 2 saturated carbocycles. The molecule has 0 amide bonds. The minimum absolute atomic E-state index is 0.0249. The zero-order chi connectivity index (χ0) is 8.98. The van der Waals surface area contributed by atoms with Gasteiger partial charge in [0.25, 0.3) is 0 Å². The number of alkyl halides is 1. The maximum Gasteiger partial charge on any atom is 0.0611 e. The average molecular weight is 280 g/mol. The molecule has 2 heteroatoms. The summed E-state index contributed by atoms with van der Waals surface area (Å²) in [6.45, 7) is 4.69. The van der Waals surface area contributed by atoms with Gasteiger partial charge in [-0.1, -0.05) is 36.4 Å². The van der Waals surface area contributed by atoms with Crippen molar-refractivity contribution in [2.24, 2.45) is 16.7 Å². The molecule has 0 unspecified atom stereocenters. The van der Waals surface area contributed by atoms with Gasteiger partial charge in [-0.3, -0.25) is 0 Å². The van der Waals surface area contributed by atoms with Gasteiger partial charge in [-0.05, 0) is 30.6 Å². The van der Waals surface area contributed by atoms with Gasteiger partial charge >= 0.3 is 0 Å². The van der Waals surface area contributed by atoms with Crippen LogP contribution in [-0.2, 0) is 0 Å². The highest BCUT2D eigenvalue weighted by Gasteiger charge is 2.62. The van der Waals surface area contributed by atoms with Crippen LogP contribution in [0.3, 0.4) is 0 Å². The standard InChI is InChI=1S/C10H17IO/c1-9(2)7-3-4-10(9,6-11)8(12)5-7/h7-8,12H,3-6H2,1-2H3/t7-,8-,10-/m1/s1. The maximum atomic E-state index is 10.0. The first-order valence-electron chi connectivity index (χ1n) is 4.78. The minimum atomic E-state index is -0.0249. The highest BCUT2D eigenvalue weighted by Crippen LogP contribution is 2.66. The first kappa shape index (κ1) is 9.25. The Hall–Kier alpha value is 0.690. The summed E-state index contributed by atoms with van der Waals surface area (Å²) < 4.78 is 1.12. The molecule has 1 nitrogen and oxygen atoms in total. The zero-order valence-corrected chi connectivity index (χ0v) is 9.97. The lowest BCUT2D eigenvalue weighted by molar-refractivity contribution is 0.0191. The summed E-state index contributed by atoms with van der Waals surface area (Å²) in [6.07, 6.45) is 3.61. The number of hydrogen-bond acceptors (Lipinski definition) is 1. The summed E-state index contributed by atoms with van der Waals surface area (Å²) in [6, 6.07) is 0. The summed E-state index contributed by atoms with van der Waals surface area (Å²) in [5.41, 5.74) is 0.631. The van der Waals surface area contributed by atoms with Gasteiger partial charge in [0.2, 0.25) is 0 Å². The van der Waals surface area contributed by atoms with Crippen molar-refractivity contribution in [1.82, 2.24) is 0 Å². The third-order valence-electron chi connectivity index (χ3n) is 4.63. The first-order chi connectivity index (χ1) is 5.54. The molecule has 70 valence electrons. The predicted molar refractivity (Wildman–Crippen MR) is 58.4 cm³/mol. The normalized spacial score (nSPS) is 50.0. The van der Waals surface area contributed by atoms with E-state index in [4.69, 9.17) is 0 Å². The summed E-state index contributed by atoms with van der Waals surface area (Å²) in [5.74, 6) is 0.780. The number of rotatable bonds is 1. The monoisotopic (exact) mass is 280 g/mol. The van der Waals surface area contributed by atoms with Gasteiger partial charge in [0.1, 0.15) is 0 Å². The van der Waals surface area contributed by atoms with Crippen molar-refractivity contribution < 1.29 is 5.11 Å². The molecular weight excluding hydrogens is 263 g/mol. The number of aliphatic hydroxyl groups is 1. The van der Waals surface area contributed by atoms with Gasteiger partial charge < -0.3 is 5.11 Å². The molecule has 2 aliphatic rings. The van der Waals surface area contributed by atoms with E-state index in [-0.39, 0.29) is 11.5 Å². The van der Waals surface area contributed by atoms with Crippen LogP contribution in [0.4, 0.5) is 0 Å². The second-order valence-corrected chi connectivity index (χ2v) is 5.76. The molecule has 0 saturated heterocycles. The van der Waals surface area contributed by atoms with E-state index in [2.05, 4.69) is 36.4 Å². The van der Waals surface area contributed by atoms with E-state index in [9.17, 15) is 5.11 Å². The van der Waals surface area contributed by atoms with Crippen LogP contribution in [0.1, 0.15) is 33.1 Å². The number of aliphatic hydroxyl groups excluding tert-OH is 1. The van der Waals surface area contributed by atoms with Crippen LogP contribution in [0.25, 0.3) is 0 Å². The molecule has 0 aliphatic heterocycles. The topological polar surface area (TPSA) is 20.2 Å². The van der Waals surface area contributed by atoms with Crippen molar-refractivity contribution in [1.29, 1.82) is 0 Å². The second kappa shape index (κ2) is 2.59. The molecule has 2 rings (SSSR count). The molecule has 0 spiro atoms. The van der Waals surface area contributed by atoms with E-state index >= 15 is 0 Å². The summed E-state index contributed by atoms with van der Waals surface area (Å²) in [4.78, 5) is 0. The third-order valence-corrected chi connectivity index (χ3v) is 5.99. The van der Waals surface area contributed by atoms with Crippen LogP contribution in [0.5, 0.6) is 0 Å². The average Bonchev–Trinajstić information content (AvgIpc) is 2.36. The van der Waals surface area contributed by atoms with Crippen molar-refractivity contribution in [2.75, 3.05) is 4.43 Å². The van der Waals surface area contributed by atoms with E-state index < -0.39 is 0 Å². The van der Waals surface area contributed by atoms with Gasteiger partial charge in [0.15, 0.2) is 0 Å². The number of halogens is 1. The fourth-order valence-corrected chi connectivity index (χ4v) is 5.23. The Morgan fingerprint density at radius 1 is 1.50 bits per heavy atom. The molecule has 2 fully saturated rings. The highest BCUT2D eigenvalue weighted by atomic mass is 127. The second-order valence-electron chi connectivity index (χ2n) is 5.00. The lowest BCUT2D eigenvalue weighted by atomic mass is 9.70. The van der Waals surface area contributed by atoms with Gasteiger partial charge in [-0.2, -0.15) is 0 Å². The molecule has 1 N–H and O–H groups in total. The summed E-state index contributed by atoms with van der Waals surface area (Å²) in [7, 11) is 0. The smallest absolute Gasteiger partial charge is 0.0611 e. The largest absolute Gasteiger partial charge is 0.392 e. The fourth-order valence-electron chi connectivity index (χ4n) is 3.35. The van der Waals surface area contributed by atoms with Gasteiger partial charge in [-0.15, -0.1) is 0 Å². The molecule has 0 aromatic heterocycles. The van der Waals surface area contributed by atoms with Crippen LogP contribution in [0.2, 0.25) is 0 Å². The molecule has 0 aromatic carbocycles. The highest BCUT2D eigenvalue weighted by molar-refractivity contribution is 14.1. The van der Waals surface area contributed by atoms with E-state index in [0.717, 1.165) is 16.8 Å². The molecule has 2 bridgehead atoms. The lowest BCUT2D eigenvalue weighted by Gasteiger charge is -2.39. The molecule has 0 radical (unpaired) electrons. The number of fused-ring (bicyclic) bond motifs is 2. The van der Waals surface area contributed by atoms with Crippen LogP contribution in [-0.4, -0.2) is 15.6 Å². The third kappa shape index (κ3) is 0.834. The summed E-state index contributed by atoms with van der Waals surface area (Å²) in [5, 5.41) is 10.0. The van der Waals surface area contributed by atoms with Crippen molar-refractivity contribution in [2.45, 2.75) is 39.2 Å². The van der Waals surface area contributed by atoms with E-state index in [1.165, 1.54) is 12.8 Å². The predicted octanol–water partition coefficient (Wildman–Crippen LogP) is 2.61. The van der Waals surface area contributed by atoms with E-state index in [1.54, 1.807) is 0 Å². The van der Waals surface area contributed by atoms with Crippen molar-refractivity contribution in [3.05, 3.63) is 0 Å². The van der Waals surface area contributed by atoms with Gasteiger partial charge in [-0.25, -0.2) is 0 Å². The number of hydrogen-bond donors (Lipinski definition) is 1. The van der Waals surface area contributed by atoms with Crippen molar-refractivity contribution >= 4 is 22.6 Å². The van der Waals surface area contributed by atoms with Crippen LogP contribution in [0.15, 0.2) is 0 Å². The molecule has 2 aliphatic carbocycles. The lowest BCUT2D eigenvalue weighted by Crippen LogP contribution is -2.40. The van der Waals surface area contributed by atoms with E-state index in [1.807, 2.05) is 0 Å². The van der Waals surface area contributed by atoms with E-state index in [0.29, 0.717) is 5.41 Å². The van der Waals surface area contributed by atoms with Crippen molar-refractivity contribution in [3.8, 4) is 0 Å². The summed E-state index contributed by atoms with van der Waals surface area (Å²) >= 11 is 2.45. The quantitative estimate of drug-likeness (QED) is 0.578. The zero-order valence-electron chi connectivity index (χ0n) is 7.81. The van der Waals surface area contributed by atoms with Crippen LogP contribution < -0.4 is 0 Å². The maximum absolute atomic E-state index is 10.0. The Morgan fingerprint density at radius 2 is 2.17 bits per heavy atom. The Bertz CT molecular complexity index is 202. The molecule has 0 heterocycles. The minimum Gasteiger partial charge on any atom is -0.392 e. The molecule has 0 aromatic rings. The Labute approximate surface area is 88.1 Å². The van der Waals surface area contributed by atoms with Crippen LogP contribution >= 0.6 is 22.6 Å². The molecule has 3 atom stereocenters. The fraction of sp³-hybridized carbons (Fsp3) is 1.00. The molecule has 12 heavy (non-hydrogen) atoms. The van der Waals surface area contributed by atoms with Crippen molar-refractivity contribution in [3.63, 3.8) is 0 Å². The Morgan fingerprint density at radius 3 is 2.42 bits per heavy atom. The Kier molecular flexibility index (Phi) is 2.00. The first-order valence-corrected chi connectivity index (χ1v) is 6.31. The van der Waals surface area contributed by atoms with Gasteiger partial charge in [0.05, 0.1) is 6.10 Å². The SMILES string of the molecule is CC1(C)[C@@H]2CC[C@@]1(CI)[C@H](O)C2. The van der Waals surface area contributed by atoms with Gasteiger partial charge in [0, 0.05) is 9.84 Å². The Balaban J connectivity index is 2.39. The van der Waals surface area contributed by atoms with Crippen LogP contribution in [0, 0.1) is 16.7 Å². The molecular formula is C10H17IO.